The Hall–Kier alpha value is -1.08. The summed E-state index contributed by atoms with van der Waals surface area (Å²) in [5, 5.41) is 5.17. The summed E-state index contributed by atoms with van der Waals surface area (Å²) >= 11 is 1.70. The molecule has 0 aliphatic carbocycles. The third-order valence-corrected chi connectivity index (χ3v) is 3.41. The summed E-state index contributed by atoms with van der Waals surface area (Å²) in [5.41, 5.74) is 7.10. The smallest absolute Gasteiger partial charge is 0.188 e. The first-order valence-corrected chi connectivity index (χ1v) is 6.82. The third kappa shape index (κ3) is 6.07. The average molecular weight is 387 g/mol. The number of thiophene rings is 1. The number of hydrogen-bond donors (Lipinski definition) is 2. The Morgan fingerprint density at radius 1 is 1.16 bits per heavy atom. The van der Waals surface area contributed by atoms with Gasteiger partial charge in [0.2, 0.25) is 0 Å². The molecule has 3 N–H and O–H groups in total. The van der Waals surface area contributed by atoms with Gasteiger partial charge in [-0.3, -0.25) is 0 Å². The molecule has 5 heteroatoms. The van der Waals surface area contributed by atoms with Crippen LogP contribution in [0.15, 0.2) is 52.8 Å². The quantitative estimate of drug-likeness (QED) is 0.471. The largest absolute Gasteiger partial charge is 0.370 e. The van der Waals surface area contributed by atoms with Crippen LogP contribution in [0.5, 0.6) is 0 Å². The normalized spacial score (nSPS) is 10.8. The van der Waals surface area contributed by atoms with E-state index in [1.807, 2.05) is 29.6 Å². The highest BCUT2D eigenvalue weighted by Gasteiger charge is 1.95. The molecule has 0 spiro atoms. The van der Waals surface area contributed by atoms with Crippen LogP contribution < -0.4 is 11.1 Å². The monoisotopic (exact) mass is 387 g/mol. The van der Waals surface area contributed by atoms with Crippen LogP contribution in [0.25, 0.3) is 0 Å². The molecule has 3 nitrogen and oxygen atoms in total. The minimum atomic E-state index is 0. The van der Waals surface area contributed by atoms with Crippen LogP contribution in [0.2, 0.25) is 0 Å². The molecular formula is C14H18IN3S. The number of nitrogens with one attached hydrogen (secondary N) is 1. The second-order valence-corrected chi connectivity index (χ2v) is 4.98. The van der Waals surface area contributed by atoms with Gasteiger partial charge in [-0.1, -0.05) is 36.4 Å². The van der Waals surface area contributed by atoms with Crippen LogP contribution in [0.3, 0.4) is 0 Å². The molecule has 0 saturated heterocycles. The van der Waals surface area contributed by atoms with Gasteiger partial charge in [0.05, 0.1) is 6.54 Å². The zero-order chi connectivity index (χ0) is 12.6. The fourth-order valence-electron chi connectivity index (χ4n) is 1.60. The van der Waals surface area contributed by atoms with Crippen LogP contribution in [-0.2, 0) is 13.0 Å². The SMILES string of the molecule is I.NC(=NCc1cccs1)NCCc1ccccc1. The molecule has 2 rings (SSSR count). The fourth-order valence-corrected chi connectivity index (χ4v) is 2.23. The minimum absolute atomic E-state index is 0. The fraction of sp³-hybridized carbons (Fsp3) is 0.214. The summed E-state index contributed by atoms with van der Waals surface area (Å²) in [4.78, 5) is 5.52. The molecule has 0 aliphatic heterocycles. The van der Waals surface area contributed by atoms with Gasteiger partial charge in [-0.05, 0) is 23.4 Å². The number of aliphatic imine (C=N–C) groups is 1. The van der Waals surface area contributed by atoms with Crippen LogP contribution in [0.1, 0.15) is 10.4 Å². The van der Waals surface area contributed by atoms with Gasteiger partial charge in [0.15, 0.2) is 5.96 Å². The Balaban J connectivity index is 0.00000180. The van der Waals surface area contributed by atoms with E-state index in [-0.39, 0.29) is 24.0 Å². The first-order chi connectivity index (χ1) is 8.84. The predicted octanol–water partition coefficient (Wildman–Crippen LogP) is 3.01. The zero-order valence-corrected chi connectivity index (χ0v) is 13.7. The van der Waals surface area contributed by atoms with E-state index in [0.29, 0.717) is 12.5 Å². The number of hydrogen-bond acceptors (Lipinski definition) is 2. The number of halogens is 1. The Labute approximate surface area is 135 Å². The molecule has 0 unspecified atom stereocenters. The molecule has 1 aromatic heterocycles. The average Bonchev–Trinajstić information content (AvgIpc) is 2.91. The van der Waals surface area contributed by atoms with Crippen molar-refractivity contribution < 1.29 is 0 Å². The molecule has 0 aliphatic rings. The molecule has 1 heterocycles. The molecule has 0 atom stereocenters. The van der Waals surface area contributed by atoms with Crippen molar-refractivity contribution in [2.45, 2.75) is 13.0 Å². The Morgan fingerprint density at radius 2 is 1.95 bits per heavy atom. The molecule has 0 radical (unpaired) electrons. The maximum Gasteiger partial charge on any atom is 0.188 e. The molecule has 0 saturated carbocycles. The van der Waals surface area contributed by atoms with Crippen LogP contribution in [0, 0.1) is 0 Å². The Morgan fingerprint density at radius 3 is 2.63 bits per heavy atom. The van der Waals surface area contributed by atoms with Crippen LogP contribution >= 0.6 is 35.3 Å². The molecular weight excluding hydrogens is 369 g/mol. The van der Waals surface area contributed by atoms with Gasteiger partial charge in [0.1, 0.15) is 0 Å². The van der Waals surface area contributed by atoms with Gasteiger partial charge in [-0.25, -0.2) is 4.99 Å². The van der Waals surface area contributed by atoms with E-state index in [4.69, 9.17) is 5.73 Å². The first kappa shape index (κ1) is 16.0. The lowest BCUT2D eigenvalue weighted by Gasteiger charge is -2.05. The van der Waals surface area contributed by atoms with Crippen molar-refractivity contribution in [1.29, 1.82) is 0 Å². The van der Waals surface area contributed by atoms with Crippen molar-refractivity contribution in [3.63, 3.8) is 0 Å². The Kier molecular flexibility index (Phi) is 7.50. The lowest BCUT2D eigenvalue weighted by Crippen LogP contribution is -2.33. The molecule has 1 aromatic carbocycles. The van der Waals surface area contributed by atoms with E-state index in [2.05, 4.69) is 28.5 Å². The number of nitrogens with zero attached hydrogens (tertiary/aromatic N) is 1. The van der Waals surface area contributed by atoms with E-state index in [0.717, 1.165) is 13.0 Å². The van der Waals surface area contributed by atoms with Crippen molar-refractivity contribution in [2.24, 2.45) is 10.7 Å². The van der Waals surface area contributed by atoms with E-state index >= 15 is 0 Å². The molecule has 19 heavy (non-hydrogen) atoms. The van der Waals surface area contributed by atoms with Crippen molar-refractivity contribution in [3.8, 4) is 0 Å². The van der Waals surface area contributed by atoms with Crippen molar-refractivity contribution >= 4 is 41.3 Å². The van der Waals surface area contributed by atoms with Gasteiger partial charge in [0, 0.05) is 11.4 Å². The minimum Gasteiger partial charge on any atom is -0.370 e. The second kappa shape index (κ2) is 8.92. The number of benzene rings is 1. The van der Waals surface area contributed by atoms with Crippen molar-refractivity contribution in [2.75, 3.05) is 6.54 Å². The number of nitrogens with two attached hydrogens (primary N) is 1. The van der Waals surface area contributed by atoms with E-state index in [1.165, 1.54) is 10.4 Å². The molecule has 2 aromatic rings. The predicted molar refractivity (Wildman–Crippen MR) is 93.2 cm³/mol. The lowest BCUT2D eigenvalue weighted by molar-refractivity contribution is 0.849. The summed E-state index contributed by atoms with van der Waals surface area (Å²) < 4.78 is 0. The van der Waals surface area contributed by atoms with E-state index in [9.17, 15) is 0 Å². The van der Waals surface area contributed by atoms with Gasteiger partial charge >= 0.3 is 0 Å². The molecule has 0 bridgehead atoms. The molecule has 0 fully saturated rings. The summed E-state index contributed by atoms with van der Waals surface area (Å²) in [5.74, 6) is 0.513. The van der Waals surface area contributed by atoms with Crippen molar-refractivity contribution in [1.82, 2.24) is 5.32 Å². The highest BCUT2D eigenvalue weighted by atomic mass is 127. The number of guanidine groups is 1. The third-order valence-electron chi connectivity index (χ3n) is 2.55. The van der Waals surface area contributed by atoms with Gasteiger partial charge in [0.25, 0.3) is 0 Å². The highest BCUT2D eigenvalue weighted by molar-refractivity contribution is 14.0. The molecule has 0 amide bonds. The Bertz CT molecular complexity index is 483. The van der Waals surface area contributed by atoms with E-state index in [1.54, 1.807) is 11.3 Å². The van der Waals surface area contributed by atoms with Crippen LogP contribution in [-0.4, -0.2) is 12.5 Å². The highest BCUT2D eigenvalue weighted by Crippen LogP contribution is 2.08. The topological polar surface area (TPSA) is 50.4 Å². The summed E-state index contributed by atoms with van der Waals surface area (Å²) in [7, 11) is 0. The maximum atomic E-state index is 5.80. The second-order valence-electron chi connectivity index (χ2n) is 3.94. The standard InChI is InChI=1S/C14H17N3S.HI/c15-14(17-11-13-7-4-10-18-13)16-9-8-12-5-2-1-3-6-12;/h1-7,10H,8-9,11H2,(H3,15,16,17);1H. The first-order valence-electron chi connectivity index (χ1n) is 5.95. The zero-order valence-electron chi connectivity index (χ0n) is 10.6. The summed E-state index contributed by atoms with van der Waals surface area (Å²) in [6, 6.07) is 14.4. The molecule has 102 valence electrons. The van der Waals surface area contributed by atoms with Crippen LogP contribution in [0.4, 0.5) is 0 Å². The summed E-state index contributed by atoms with van der Waals surface area (Å²) in [6.07, 6.45) is 0.954. The van der Waals surface area contributed by atoms with Crippen molar-refractivity contribution in [3.05, 3.63) is 58.3 Å². The van der Waals surface area contributed by atoms with Gasteiger partial charge in [-0.15, -0.1) is 35.3 Å². The number of rotatable bonds is 5. The van der Waals surface area contributed by atoms with Gasteiger partial charge in [-0.2, -0.15) is 0 Å². The summed E-state index contributed by atoms with van der Waals surface area (Å²) in [6.45, 7) is 1.46. The lowest BCUT2D eigenvalue weighted by atomic mass is 10.1. The van der Waals surface area contributed by atoms with Gasteiger partial charge < -0.3 is 11.1 Å². The maximum absolute atomic E-state index is 5.80. The van der Waals surface area contributed by atoms with E-state index < -0.39 is 0 Å².